The Morgan fingerprint density at radius 1 is 1.06 bits per heavy atom. The molecular weight excluding hydrogens is 601 g/mol. The summed E-state index contributed by atoms with van der Waals surface area (Å²) in [4.78, 5) is 27.8. The van der Waals surface area contributed by atoms with E-state index in [0.29, 0.717) is 0 Å². The molecule has 0 radical (unpaired) electrons. The van der Waals surface area contributed by atoms with Crippen molar-refractivity contribution in [2.24, 2.45) is 0 Å². The largest absolute Gasteiger partial charge is 0.352 e. The average Bonchev–Trinajstić information content (AvgIpc) is 2.77. The smallest absolute Gasteiger partial charge is 0.244 e. The van der Waals surface area contributed by atoms with Gasteiger partial charge in [0.15, 0.2) is 0 Å². The van der Waals surface area contributed by atoms with Gasteiger partial charge in [0.1, 0.15) is 12.6 Å². The highest BCUT2D eigenvalue weighted by molar-refractivity contribution is 9.10. The van der Waals surface area contributed by atoms with Crippen LogP contribution < -0.4 is 9.62 Å². The van der Waals surface area contributed by atoms with Gasteiger partial charge in [0, 0.05) is 17.1 Å². The summed E-state index contributed by atoms with van der Waals surface area (Å²) < 4.78 is 27.0. The highest BCUT2D eigenvalue weighted by Gasteiger charge is 2.31. The normalized spacial score (nSPS) is 13.1. The molecule has 0 heterocycles. The SMILES string of the molecule is CCC(C)NC(=O)C(C)N(Cc1cccc(Br)c1)C(=O)CN(c1cc(Cl)c(Cl)cc1Cl)S(C)(=O)=O. The molecule has 2 aromatic carbocycles. The number of carbonyl (C=O) groups excluding carboxylic acids is 2. The van der Waals surface area contributed by atoms with Gasteiger partial charge in [-0.2, -0.15) is 0 Å². The van der Waals surface area contributed by atoms with Crippen molar-refractivity contribution >= 4 is 78.3 Å². The molecule has 0 aliphatic rings. The lowest BCUT2D eigenvalue weighted by Gasteiger charge is -2.32. The molecule has 0 spiro atoms. The van der Waals surface area contributed by atoms with Crippen molar-refractivity contribution in [3.8, 4) is 0 Å². The summed E-state index contributed by atoms with van der Waals surface area (Å²) in [5, 5.41) is 3.11. The van der Waals surface area contributed by atoms with Gasteiger partial charge in [-0.15, -0.1) is 0 Å². The van der Waals surface area contributed by atoms with E-state index in [0.717, 1.165) is 27.0 Å². The monoisotopic (exact) mass is 625 g/mol. The summed E-state index contributed by atoms with van der Waals surface area (Å²) in [6.07, 6.45) is 1.67. The maximum absolute atomic E-state index is 13.6. The van der Waals surface area contributed by atoms with Crippen LogP contribution >= 0.6 is 50.7 Å². The predicted molar refractivity (Wildman–Crippen MR) is 146 cm³/mol. The molecule has 0 fully saturated rings. The Bertz CT molecular complexity index is 1200. The first kappa shape index (κ1) is 29.7. The third-order valence-electron chi connectivity index (χ3n) is 5.35. The van der Waals surface area contributed by atoms with Crippen molar-refractivity contribution in [1.82, 2.24) is 10.2 Å². The van der Waals surface area contributed by atoms with Crippen molar-refractivity contribution < 1.29 is 18.0 Å². The van der Waals surface area contributed by atoms with Gasteiger partial charge in [-0.3, -0.25) is 13.9 Å². The van der Waals surface area contributed by atoms with E-state index in [2.05, 4.69) is 21.2 Å². The molecule has 0 saturated carbocycles. The van der Waals surface area contributed by atoms with Crippen LogP contribution in [0.2, 0.25) is 15.1 Å². The van der Waals surface area contributed by atoms with E-state index in [1.54, 1.807) is 6.92 Å². The molecule has 2 rings (SSSR count). The zero-order chi connectivity index (χ0) is 26.5. The quantitative estimate of drug-likeness (QED) is 0.352. The number of carbonyl (C=O) groups is 2. The van der Waals surface area contributed by atoms with Crippen molar-refractivity contribution in [3.05, 3.63) is 61.5 Å². The molecular formula is C23H27BrCl3N3O4S. The van der Waals surface area contributed by atoms with Gasteiger partial charge >= 0.3 is 0 Å². The van der Waals surface area contributed by atoms with Crippen LogP contribution in [-0.2, 0) is 26.2 Å². The Kier molecular flexibility index (Phi) is 10.7. The molecule has 0 aliphatic heterocycles. The number of halogens is 4. The average molecular weight is 628 g/mol. The minimum absolute atomic E-state index is 0.0102. The number of nitrogens with zero attached hydrogens (tertiary/aromatic N) is 2. The van der Waals surface area contributed by atoms with Gasteiger partial charge in [0.05, 0.1) is 27.0 Å². The number of benzene rings is 2. The molecule has 0 bridgehead atoms. The third-order valence-corrected chi connectivity index (χ3v) is 7.99. The summed E-state index contributed by atoms with van der Waals surface area (Å²) in [5.74, 6) is -0.939. The number of nitrogens with one attached hydrogen (secondary N) is 1. The van der Waals surface area contributed by atoms with Crippen molar-refractivity contribution in [1.29, 1.82) is 0 Å². The predicted octanol–water partition coefficient (Wildman–Crippen LogP) is 5.51. The van der Waals surface area contributed by atoms with E-state index < -0.39 is 28.5 Å². The lowest BCUT2D eigenvalue weighted by molar-refractivity contribution is -0.139. The van der Waals surface area contributed by atoms with E-state index in [1.807, 2.05) is 38.1 Å². The first-order chi connectivity index (χ1) is 16.2. The van der Waals surface area contributed by atoms with Gasteiger partial charge in [0.2, 0.25) is 21.8 Å². The lowest BCUT2D eigenvalue weighted by Crippen LogP contribution is -2.52. The summed E-state index contributed by atoms with van der Waals surface area (Å²) >= 11 is 21.7. The maximum atomic E-state index is 13.6. The number of anilines is 1. The van der Waals surface area contributed by atoms with E-state index in [4.69, 9.17) is 34.8 Å². The summed E-state index contributed by atoms with van der Waals surface area (Å²) in [5.41, 5.74) is 0.769. The van der Waals surface area contributed by atoms with Gasteiger partial charge in [-0.25, -0.2) is 8.42 Å². The fraction of sp³-hybridized carbons (Fsp3) is 0.391. The third kappa shape index (κ3) is 8.25. The molecule has 0 aliphatic carbocycles. The van der Waals surface area contributed by atoms with Crippen LogP contribution in [0.25, 0.3) is 0 Å². The first-order valence-electron chi connectivity index (χ1n) is 10.7. The van der Waals surface area contributed by atoms with Crippen LogP contribution in [0, 0.1) is 0 Å². The maximum Gasteiger partial charge on any atom is 0.244 e. The molecule has 35 heavy (non-hydrogen) atoms. The summed E-state index contributed by atoms with van der Waals surface area (Å²) in [6, 6.07) is 8.93. The van der Waals surface area contributed by atoms with Crippen LogP contribution in [0.5, 0.6) is 0 Å². The summed E-state index contributed by atoms with van der Waals surface area (Å²) in [7, 11) is -3.96. The number of amides is 2. The topological polar surface area (TPSA) is 86.8 Å². The Hall–Kier alpha value is -1.52. The van der Waals surface area contributed by atoms with Gasteiger partial charge < -0.3 is 10.2 Å². The summed E-state index contributed by atoms with van der Waals surface area (Å²) in [6.45, 7) is 4.89. The zero-order valence-corrected chi connectivity index (χ0v) is 24.4. The minimum Gasteiger partial charge on any atom is -0.352 e. The molecule has 2 atom stereocenters. The second kappa shape index (κ2) is 12.6. The Morgan fingerprint density at radius 3 is 2.26 bits per heavy atom. The van der Waals surface area contributed by atoms with Gasteiger partial charge in [-0.05, 0) is 50.1 Å². The standard InChI is InChI=1S/C23H27BrCl3N3O4S/c1-5-14(2)28-23(32)15(3)29(12-16-7-6-8-17(24)9-16)22(31)13-30(35(4,33)34)21-11-19(26)18(25)10-20(21)27/h6-11,14-15H,5,12-13H2,1-4H3,(H,28,32). The second-order valence-electron chi connectivity index (χ2n) is 8.13. The highest BCUT2D eigenvalue weighted by Crippen LogP contribution is 2.35. The molecule has 12 heteroatoms. The van der Waals surface area contributed by atoms with Crippen molar-refractivity contribution in [2.75, 3.05) is 17.1 Å². The van der Waals surface area contributed by atoms with Crippen molar-refractivity contribution in [3.63, 3.8) is 0 Å². The van der Waals surface area contributed by atoms with Gasteiger partial charge in [0.25, 0.3) is 0 Å². The highest BCUT2D eigenvalue weighted by atomic mass is 79.9. The fourth-order valence-electron chi connectivity index (χ4n) is 3.18. The second-order valence-corrected chi connectivity index (χ2v) is 12.2. The lowest BCUT2D eigenvalue weighted by atomic mass is 10.1. The minimum atomic E-state index is -3.96. The van der Waals surface area contributed by atoms with Crippen LogP contribution in [0.1, 0.15) is 32.8 Å². The van der Waals surface area contributed by atoms with E-state index in [1.165, 1.54) is 17.0 Å². The Balaban J connectivity index is 2.46. The molecule has 1 N–H and O–H groups in total. The molecule has 0 saturated heterocycles. The van der Waals surface area contributed by atoms with Crippen LogP contribution in [-0.4, -0.2) is 50.0 Å². The Morgan fingerprint density at radius 2 is 1.69 bits per heavy atom. The van der Waals surface area contributed by atoms with E-state index in [9.17, 15) is 18.0 Å². The van der Waals surface area contributed by atoms with E-state index >= 15 is 0 Å². The first-order valence-corrected chi connectivity index (χ1v) is 14.5. The number of rotatable bonds is 10. The molecule has 2 unspecified atom stereocenters. The van der Waals surface area contributed by atoms with Crippen LogP contribution in [0.4, 0.5) is 5.69 Å². The molecule has 7 nitrogen and oxygen atoms in total. The molecule has 0 aromatic heterocycles. The fourth-order valence-corrected chi connectivity index (χ4v) is 5.17. The molecule has 2 amide bonds. The molecule has 192 valence electrons. The zero-order valence-electron chi connectivity index (χ0n) is 19.7. The van der Waals surface area contributed by atoms with Gasteiger partial charge in [-0.1, -0.05) is 69.8 Å². The van der Waals surface area contributed by atoms with Crippen LogP contribution in [0.3, 0.4) is 0 Å². The number of sulfonamides is 1. The molecule has 2 aromatic rings. The Labute approximate surface area is 229 Å². The van der Waals surface area contributed by atoms with Crippen LogP contribution in [0.15, 0.2) is 40.9 Å². The number of hydrogen-bond acceptors (Lipinski definition) is 4. The van der Waals surface area contributed by atoms with Crippen molar-refractivity contribution in [2.45, 2.75) is 45.8 Å². The van der Waals surface area contributed by atoms with E-state index in [-0.39, 0.29) is 39.2 Å². The number of hydrogen-bond donors (Lipinski definition) is 1.